The fourth-order valence-electron chi connectivity index (χ4n) is 1.56. The first kappa shape index (κ1) is 7.99. The van der Waals surface area contributed by atoms with Gasteiger partial charge in [-0.3, -0.25) is 4.99 Å². The number of hydrogen-bond acceptors (Lipinski definition) is 2. The normalized spacial score (nSPS) is 32.5. The van der Waals surface area contributed by atoms with E-state index >= 15 is 0 Å². The highest BCUT2D eigenvalue weighted by atomic mass is 16.5. The van der Waals surface area contributed by atoms with Gasteiger partial charge in [-0.1, -0.05) is 13.0 Å². The molecular weight excluding hydrogens is 150 g/mol. The first-order valence-electron chi connectivity index (χ1n) is 4.52. The molecule has 12 heavy (non-hydrogen) atoms. The third-order valence-corrected chi connectivity index (χ3v) is 2.59. The molecular formula is C10H15NO. The zero-order chi connectivity index (χ0) is 8.60. The minimum atomic E-state index is 0.219. The van der Waals surface area contributed by atoms with Crippen molar-refractivity contribution in [1.82, 2.24) is 0 Å². The molecule has 2 heterocycles. The maximum absolute atomic E-state index is 5.20. The van der Waals surface area contributed by atoms with Crippen molar-refractivity contribution in [2.75, 3.05) is 19.8 Å². The second-order valence-electron chi connectivity index (χ2n) is 4.12. The van der Waals surface area contributed by atoms with Crippen LogP contribution in [0.15, 0.2) is 17.1 Å². The van der Waals surface area contributed by atoms with Gasteiger partial charge in [0.2, 0.25) is 0 Å². The zero-order valence-electron chi connectivity index (χ0n) is 7.71. The largest absolute Gasteiger partial charge is 0.379 e. The van der Waals surface area contributed by atoms with Crippen LogP contribution >= 0.6 is 0 Å². The molecule has 0 spiro atoms. The van der Waals surface area contributed by atoms with Gasteiger partial charge in [-0.05, 0) is 18.9 Å². The van der Waals surface area contributed by atoms with Crippen LogP contribution < -0.4 is 0 Å². The second kappa shape index (κ2) is 2.70. The number of aliphatic imine (C=N–C) groups is 1. The van der Waals surface area contributed by atoms with Gasteiger partial charge >= 0.3 is 0 Å². The Bertz CT molecular complexity index is 238. The molecule has 1 atom stereocenters. The summed E-state index contributed by atoms with van der Waals surface area (Å²) in [7, 11) is 0. The van der Waals surface area contributed by atoms with Crippen LogP contribution in [-0.4, -0.2) is 25.5 Å². The molecule has 0 radical (unpaired) electrons. The summed E-state index contributed by atoms with van der Waals surface area (Å²) < 4.78 is 5.20. The molecule has 1 unspecified atom stereocenters. The van der Waals surface area contributed by atoms with Gasteiger partial charge in [0, 0.05) is 12.3 Å². The van der Waals surface area contributed by atoms with E-state index in [2.05, 4.69) is 31.0 Å². The Morgan fingerprint density at radius 1 is 1.58 bits per heavy atom. The highest BCUT2D eigenvalue weighted by molar-refractivity contribution is 6.00. The average molecular weight is 165 g/mol. The quantitative estimate of drug-likeness (QED) is 0.579. The molecule has 2 aliphatic rings. The van der Waals surface area contributed by atoms with E-state index in [9.17, 15) is 0 Å². The minimum Gasteiger partial charge on any atom is -0.379 e. The summed E-state index contributed by atoms with van der Waals surface area (Å²) in [6.07, 6.45) is 4.41. The molecule has 0 aromatic rings. The van der Waals surface area contributed by atoms with Gasteiger partial charge in [-0.25, -0.2) is 0 Å². The van der Waals surface area contributed by atoms with Crippen molar-refractivity contribution < 1.29 is 4.74 Å². The number of nitrogens with zero attached hydrogens (tertiary/aromatic N) is 1. The first-order chi connectivity index (χ1) is 5.71. The van der Waals surface area contributed by atoms with E-state index in [0.29, 0.717) is 5.92 Å². The zero-order valence-corrected chi connectivity index (χ0v) is 7.71. The van der Waals surface area contributed by atoms with E-state index < -0.39 is 0 Å². The van der Waals surface area contributed by atoms with Crippen molar-refractivity contribution in [3.05, 3.63) is 12.2 Å². The minimum absolute atomic E-state index is 0.219. The molecule has 2 nitrogen and oxygen atoms in total. The van der Waals surface area contributed by atoms with Crippen LogP contribution in [0.1, 0.15) is 13.8 Å². The molecule has 1 fully saturated rings. The van der Waals surface area contributed by atoms with E-state index in [4.69, 9.17) is 4.74 Å². The monoisotopic (exact) mass is 165 g/mol. The Labute approximate surface area is 73.3 Å². The summed E-state index contributed by atoms with van der Waals surface area (Å²) in [5.74, 6) is 0.610. The van der Waals surface area contributed by atoms with Crippen LogP contribution in [0.5, 0.6) is 0 Å². The summed E-state index contributed by atoms with van der Waals surface area (Å²) in [5.41, 5.74) is 1.45. The van der Waals surface area contributed by atoms with Crippen LogP contribution in [0.4, 0.5) is 0 Å². The van der Waals surface area contributed by atoms with E-state index in [1.807, 2.05) is 0 Å². The molecule has 2 heteroatoms. The maximum Gasteiger partial charge on any atom is 0.0598 e. The summed E-state index contributed by atoms with van der Waals surface area (Å²) in [5, 5.41) is 0. The Morgan fingerprint density at radius 2 is 2.33 bits per heavy atom. The number of rotatable bonds is 1. The molecule has 0 amide bonds. The molecule has 2 rings (SSSR count). The van der Waals surface area contributed by atoms with Crippen LogP contribution in [-0.2, 0) is 4.74 Å². The fourth-order valence-corrected chi connectivity index (χ4v) is 1.56. The van der Waals surface area contributed by atoms with E-state index in [1.54, 1.807) is 0 Å². The van der Waals surface area contributed by atoms with Crippen molar-refractivity contribution in [3.63, 3.8) is 0 Å². The molecule has 0 saturated carbocycles. The second-order valence-corrected chi connectivity index (χ2v) is 4.12. The van der Waals surface area contributed by atoms with Gasteiger partial charge in [-0.15, -0.1) is 0 Å². The standard InChI is InChI=1S/C10H15NO/c1-8-3-4-9(11-5-8)10(2)6-12-7-10/h3-4,8H,5-7H2,1-2H3. The summed E-state index contributed by atoms with van der Waals surface area (Å²) >= 11 is 0. The number of ether oxygens (including phenoxy) is 1. The summed E-state index contributed by atoms with van der Waals surface area (Å²) in [4.78, 5) is 4.55. The lowest BCUT2D eigenvalue weighted by Crippen LogP contribution is -2.46. The van der Waals surface area contributed by atoms with Gasteiger partial charge in [0.05, 0.1) is 18.6 Å². The molecule has 2 aliphatic heterocycles. The Hall–Kier alpha value is -0.630. The molecule has 0 aromatic carbocycles. The molecule has 1 saturated heterocycles. The van der Waals surface area contributed by atoms with E-state index in [1.165, 1.54) is 5.71 Å². The smallest absolute Gasteiger partial charge is 0.0598 e. The highest BCUT2D eigenvalue weighted by Gasteiger charge is 2.37. The van der Waals surface area contributed by atoms with E-state index in [-0.39, 0.29) is 5.41 Å². The molecule has 0 aromatic heterocycles. The maximum atomic E-state index is 5.20. The number of dihydropyridines is 1. The SMILES string of the molecule is CC1C=CC(C2(C)COC2)=NC1. The Balaban J connectivity index is 2.10. The summed E-state index contributed by atoms with van der Waals surface area (Å²) in [6.45, 7) is 7.03. The molecule has 66 valence electrons. The Kier molecular flexibility index (Phi) is 1.80. The van der Waals surface area contributed by atoms with E-state index in [0.717, 1.165) is 19.8 Å². The summed E-state index contributed by atoms with van der Waals surface area (Å²) in [6, 6.07) is 0. The number of allylic oxidation sites excluding steroid dienone is 1. The van der Waals surface area contributed by atoms with Crippen molar-refractivity contribution >= 4 is 5.71 Å². The van der Waals surface area contributed by atoms with Gasteiger partial charge < -0.3 is 4.74 Å². The number of hydrogen-bond donors (Lipinski definition) is 0. The van der Waals surface area contributed by atoms with Crippen molar-refractivity contribution in [2.45, 2.75) is 13.8 Å². The lowest BCUT2D eigenvalue weighted by Gasteiger charge is -2.39. The van der Waals surface area contributed by atoms with Crippen LogP contribution in [0, 0.1) is 11.3 Å². The Morgan fingerprint density at radius 3 is 2.75 bits per heavy atom. The van der Waals surface area contributed by atoms with Gasteiger partial charge in [0.15, 0.2) is 0 Å². The molecule has 0 bridgehead atoms. The third kappa shape index (κ3) is 1.20. The lowest BCUT2D eigenvalue weighted by atomic mass is 9.81. The van der Waals surface area contributed by atoms with Gasteiger partial charge in [0.25, 0.3) is 0 Å². The van der Waals surface area contributed by atoms with Crippen molar-refractivity contribution in [3.8, 4) is 0 Å². The average Bonchev–Trinajstić information content (AvgIpc) is 2.02. The van der Waals surface area contributed by atoms with Crippen molar-refractivity contribution in [1.29, 1.82) is 0 Å². The predicted octanol–water partition coefficient (Wildman–Crippen LogP) is 1.67. The lowest BCUT2D eigenvalue weighted by molar-refractivity contribution is -0.0580. The van der Waals surface area contributed by atoms with Crippen molar-refractivity contribution in [2.24, 2.45) is 16.3 Å². The van der Waals surface area contributed by atoms with Crippen LogP contribution in [0.3, 0.4) is 0 Å². The first-order valence-corrected chi connectivity index (χ1v) is 4.52. The highest BCUT2D eigenvalue weighted by Crippen LogP contribution is 2.30. The van der Waals surface area contributed by atoms with Gasteiger partial charge in [0.1, 0.15) is 0 Å². The third-order valence-electron chi connectivity index (χ3n) is 2.59. The predicted molar refractivity (Wildman–Crippen MR) is 49.5 cm³/mol. The molecule has 0 aliphatic carbocycles. The topological polar surface area (TPSA) is 21.6 Å². The van der Waals surface area contributed by atoms with Crippen LogP contribution in [0.25, 0.3) is 0 Å². The van der Waals surface area contributed by atoms with Gasteiger partial charge in [-0.2, -0.15) is 0 Å². The van der Waals surface area contributed by atoms with Crippen LogP contribution in [0.2, 0.25) is 0 Å². The molecule has 0 N–H and O–H groups in total. The fraction of sp³-hybridized carbons (Fsp3) is 0.700.